The minimum Gasteiger partial charge on any atom is -0.497 e. The summed E-state index contributed by atoms with van der Waals surface area (Å²) in [7, 11) is 6.31. The summed E-state index contributed by atoms with van der Waals surface area (Å²) in [6.07, 6.45) is 1.79. The first-order valence-electron chi connectivity index (χ1n) is 9.16. The molecule has 0 fully saturated rings. The highest BCUT2D eigenvalue weighted by atomic mass is 79.9. The molecule has 2 heterocycles. The molecule has 0 N–H and O–H groups in total. The molecule has 0 saturated heterocycles. The zero-order chi connectivity index (χ0) is 21.6. The minimum atomic E-state index is -0.382. The van der Waals surface area contributed by atoms with E-state index in [0.29, 0.717) is 28.1 Å². The smallest absolute Gasteiger partial charge is 0.330 e. The third-order valence-corrected chi connectivity index (χ3v) is 5.68. The van der Waals surface area contributed by atoms with E-state index in [1.165, 1.54) is 11.6 Å². The van der Waals surface area contributed by atoms with E-state index in [4.69, 9.17) is 9.47 Å². The molecule has 154 valence electrons. The maximum atomic E-state index is 13.2. The maximum absolute atomic E-state index is 13.2. The van der Waals surface area contributed by atoms with Crippen LogP contribution in [0, 0.1) is 0 Å². The first-order valence-corrected chi connectivity index (χ1v) is 9.96. The van der Waals surface area contributed by atoms with Crippen LogP contribution in [0.25, 0.3) is 27.8 Å². The number of aryl methyl sites for hydroxylation is 1. The Kier molecular flexibility index (Phi) is 5.03. The second-order valence-electron chi connectivity index (χ2n) is 6.86. The van der Waals surface area contributed by atoms with Gasteiger partial charge in [-0.2, -0.15) is 0 Å². The van der Waals surface area contributed by atoms with E-state index in [0.717, 1.165) is 20.3 Å². The van der Waals surface area contributed by atoms with Gasteiger partial charge in [-0.1, -0.05) is 28.1 Å². The Hall–Kier alpha value is -3.26. The van der Waals surface area contributed by atoms with Crippen molar-refractivity contribution in [2.45, 2.75) is 0 Å². The number of rotatable bonds is 4. The number of nitrogens with zero attached hydrogens (tertiary/aromatic N) is 3. The van der Waals surface area contributed by atoms with Crippen molar-refractivity contribution in [1.82, 2.24) is 13.7 Å². The molecule has 8 heteroatoms. The molecule has 0 amide bonds. The quantitative estimate of drug-likeness (QED) is 0.458. The Labute approximate surface area is 180 Å². The predicted octanol–water partition coefficient (Wildman–Crippen LogP) is 3.47. The molecule has 0 aliphatic rings. The molecule has 0 spiro atoms. The van der Waals surface area contributed by atoms with Crippen LogP contribution < -0.4 is 20.7 Å². The Morgan fingerprint density at radius 1 is 0.933 bits per heavy atom. The molecule has 7 nitrogen and oxygen atoms in total. The minimum absolute atomic E-state index is 0.352. The fourth-order valence-corrected chi connectivity index (χ4v) is 4.03. The zero-order valence-electron chi connectivity index (χ0n) is 17.0. The van der Waals surface area contributed by atoms with Crippen molar-refractivity contribution in [2.75, 3.05) is 14.2 Å². The first kappa shape index (κ1) is 20.0. The topological polar surface area (TPSA) is 67.4 Å². The van der Waals surface area contributed by atoms with Gasteiger partial charge in [0.25, 0.3) is 5.56 Å². The number of halogens is 1. The van der Waals surface area contributed by atoms with Crippen molar-refractivity contribution < 1.29 is 9.47 Å². The van der Waals surface area contributed by atoms with Crippen molar-refractivity contribution in [2.24, 2.45) is 14.1 Å². The van der Waals surface area contributed by atoms with E-state index in [1.54, 1.807) is 33.5 Å². The molecule has 4 rings (SSSR count). The van der Waals surface area contributed by atoms with Gasteiger partial charge in [0.1, 0.15) is 11.5 Å². The average Bonchev–Trinajstić information content (AvgIpc) is 3.16. The fourth-order valence-electron chi connectivity index (χ4n) is 3.63. The van der Waals surface area contributed by atoms with Crippen LogP contribution >= 0.6 is 15.9 Å². The van der Waals surface area contributed by atoms with Gasteiger partial charge in [-0.3, -0.25) is 13.9 Å². The lowest BCUT2D eigenvalue weighted by atomic mass is 10.1. The molecule has 2 aromatic carbocycles. The van der Waals surface area contributed by atoms with Crippen molar-refractivity contribution in [3.63, 3.8) is 0 Å². The van der Waals surface area contributed by atoms with E-state index in [-0.39, 0.29) is 11.2 Å². The number of hydrogen-bond acceptors (Lipinski definition) is 4. The monoisotopic (exact) mass is 469 g/mol. The van der Waals surface area contributed by atoms with Crippen LogP contribution in [0.3, 0.4) is 0 Å². The highest BCUT2D eigenvalue weighted by Gasteiger charge is 2.22. The standard InChI is InChI=1S/C22H20BrN3O4/c1-24-17-12-26(16-9-8-15(29-3)11-18(16)30-4)20(13-6-5-7-14(23)10-13)19(17)21(27)25(2)22(24)28/h5-12H,1-4H3. The highest BCUT2D eigenvalue weighted by Crippen LogP contribution is 2.36. The van der Waals surface area contributed by atoms with Gasteiger partial charge in [0, 0.05) is 36.4 Å². The Morgan fingerprint density at radius 2 is 1.70 bits per heavy atom. The lowest BCUT2D eigenvalue weighted by Gasteiger charge is -2.15. The van der Waals surface area contributed by atoms with Gasteiger partial charge in [-0.15, -0.1) is 0 Å². The fraction of sp³-hybridized carbons (Fsp3) is 0.182. The van der Waals surface area contributed by atoms with Gasteiger partial charge in [-0.25, -0.2) is 4.79 Å². The summed E-state index contributed by atoms with van der Waals surface area (Å²) in [4.78, 5) is 25.7. The third-order valence-electron chi connectivity index (χ3n) is 5.18. The van der Waals surface area contributed by atoms with E-state index in [9.17, 15) is 9.59 Å². The largest absolute Gasteiger partial charge is 0.497 e. The predicted molar refractivity (Wildman–Crippen MR) is 120 cm³/mol. The third kappa shape index (κ3) is 3.04. The molecule has 0 saturated carbocycles. The van der Waals surface area contributed by atoms with Crippen LogP contribution in [0.5, 0.6) is 11.5 Å². The molecule has 0 aliphatic carbocycles. The molecule has 4 aromatic rings. The summed E-state index contributed by atoms with van der Waals surface area (Å²) in [5.74, 6) is 1.23. The summed E-state index contributed by atoms with van der Waals surface area (Å²) in [6.45, 7) is 0. The Balaban J connectivity index is 2.20. The Bertz CT molecular complexity index is 1400. The van der Waals surface area contributed by atoms with Gasteiger partial charge < -0.3 is 14.0 Å². The average molecular weight is 470 g/mol. The van der Waals surface area contributed by atoms with Crippen LogP contribution in [0.15, 0.2) is 62.7 Å². The summed E-state index contributed by atoms with van der Waals surface area (Å²) in [5, 5.41) is 0.454. The van der Waals surface area contributed by atoms with Gasteiger partial charge >= 0.3 is 5.69 Å². The normalized spacial score (nSPS) is 11.1. The number of ether oxygens (including phenoxy) is 2. The number of aromatic nitrogens is 3. The molecule has 30 heavy (non-hydrogen) atoms. The number of fused-ring (bicyclic) bond motifs is 1. The molecule has 0 unspecified atom stereocenters. The maximum Gasteiger partial charge on any atom is 0.330 e. The first-order chi connectivity index (χ1) is 14.4. The zero-order valence-corrected chi connectivity index (χ0v) is 18.6. The van der Waals surface area contributed by atoms with E-state index in [2.05, 4.69) is 15.9 Å². The molecule has 2 aromatic heterocycles. The second-order valence-corrected chi connectivity index (χ2v) is 7.78. The SMILES string of the molecule is COc1ccc(-n2cc3c(c2-c2cccc(Br)c2)c(=O)n(C)c(=O)n3C)c(OC)c1. The summed E-state index contributed by atoms with van der Waals surface area (Å²) in [5.41, 5.74) is 2.02. The van der Waals surface area contributed by atoms with E-state index in [1.807, 2.05) is 41.0 Å². The van der Waals surface area contributed by atoms with Gasteiger partial charge in [0.2, 0.25) is 0 Å². The molecular formula is C22H20BrN3O4. The van der Waals surface area contributed by atoms with Crippen LogP contribution in [0.1, 0.15) is 0 Å². The van der Waals surface area contributed by atoms with Crippen LogP contribution in [-0.2, 0) is 14.1 Å². The molecule has 0 radical (unpaired) electrons. The van der Waals surface area contributed by atoms with Crippen LogP contribution in [0.4, 0.5) is 0 Å². The van der Waals surface area contributed by atoms with E-state index >= 15 is 0 Å². The summed E-state index contributed by atoms with van der Waals surface area (Å²) >= 11 is 3.51. The number of benzene rings is 2. The van der Waals surface area contributed by atoms with Crippen molar-refractivity contribution in [3.8, 4) is 28.4 Å². The number of hydrogen-bond donors (Lipinski definition) is 0. The van der Waals surface area contributed by atoms with E-state index < -0.39 is 0 Å². The molecular weight excluding hydrogens is 450 g/mol. The summed E-state index contributed by atoms with van der Waals surface area (Å²) in [6, 6.07) is 13.1. The highest BCUT2D eigenvalue weighted by molar-refractivity contribution is 9.10. The molecule has 0 aliphatic heterocycles. The van der Waals surface area contributed by atoms with Crippen molar-refractivity contribution in [1.29, 1.82) is 0 Å². The van der Waals surface area contributed by atoms with Gasteiger partial charge in [0.05, 0.1) is 36.5 Å². The van der Waals surface area contributed by atoms with Crippen LogP contribution in [-0.4, -0.2) is 27.9 Å². The van der Waals surface area contributed by atoms with Crippen molar-refractivity contribution in [3.05, 3.63) is 74.0 Å². The van der Waals surface area contributed by atoms with Crippen molar-refractivity contribution >= 4 is 26.8 Å². The molecule has 0 bridgehead atoms. The lowest BCUT2D eigenvalue weighted by Crippen LogP contribution is -2.36. The summed E-state index contributed by atoms with van der Waals surface area (Å²) < 4.78 is 16.3. The lowest BCUT2D eigenvalue weighted by molar-refractivity contribution is 0.393. The van der Waals surface area contributed by atoms with Gasteiger partial charge in [0.15, 0.2) is 0 Å². The number of methoxy groups -OCH3 is 2. The van der Waals surface area contributed by atoms with Gasteiger partial charge in [-0.05, 0) is 24.3 Å². The van der Waals surface area contributed by atoms with Crippen LogP contribution in [0.2, 0.25) is 0 Å². The Morgan fingerprint density at radius 3 is 2.37 bits per heavy atom. The second kappa shape index (κ2) is 7.53. The molecule has 0 atom stereocenters.